The molecule has 0 aliphatic heterocycles. The second-order valence-electron chi connectivity index (χ2n) is 7.17. The van der Waals surface area contributed by atoms with E-state index in [1.54, 1.807) is 23.9 Å². The van der Waals surface area contributed by atoms with E-state index in [0.717, 1.165) is 28.9 Å². The maximum absolute atomic E-state index is 12.4. The molecule has 4 rings (SSSR count). The summed E-state index contributed by atoms with van der Waals surface area (Å²) in [6.07, 6.45) is 2.39. The molecule has 0 N–H and O–H groups in total. The average Bonchev–Trinajstić information content (AvgIpc) is 3.34. The molecule has 0 unspecified atom stereocenters. The van der Waals surface area contributed by atoms with Crippen molar-refractivity contribution in [1.82, 2.24) is 28.6 Å². The molecule has 3 aromatic rings. The number of hydrogen-bond acceptors (Lipinski definition) is 6. The van der Waals surface area contributed by atoms with Crippen LogP contribution < -0.4 is 0 Å². The van der Waals surface area contributed by atoms with Crippen LogP contribution in [-0.4, -0.2) is 51.1 Å². The highest BCUT2D eigenvalue weighted by Crippen LogP contribution is 2.39. The highest BCUT2D eigenvalue weighted by molar-refractivity contribution is 7.98. The highest BCUT2D eigenvalue weighted by atomic mass is 32.2. The van der Waals surface area contributed by atoms with Crippen molar-refractivity contribution in [2.45, 2.75) is 48.0 Å². The van der Waals surface area contributed by atoms with Crippen molar-refractivity contribution in [2.24, 2.45) is 7.05 Å². The summed E-state index contributed by atoms with van der Waals surface area (Å²) in [6.45, 7) is 2.82. The number of fused-ring (bicyclic) bond motifs is 1. The SMILES string of the molecule is CCn1c(CSc2nnc(C3CC3)n2C)nc2cc(S(=O)(=O)N(C)C)ccc21. The molecular formula is C18H24N6O2S2. The first kappa shape index (κ1) is 19.4. The van der Waals surface area contributed by atoms with Gasteiger partial charge in [-0.15, -0.1) is 10.2 Å². The Morgan fingerprint density at radius 2 is 2.00 bits per heavy atom. The summed E-state index contributed by atoms with van der Waals surface area (Å²) in [4.78, 5) is 4.97. The monoisotopic (exact) mass is 420 g/mol. The third-order valence-corrected chi connectivity index (χ3v) is 7.86. The predicted octanol–water partition coefficient (Wildman–Crippen LogP) is 2.60. The second-order valence-corrected chi connectivity index (χ2v) is 10.3. The minimum absolute atomic E-state index is 0.257. The summed E-state index contributed by atoms with van der Waals surface area (Å²) < 4.78 is 30.2. The molecule has 0 bridgehead atoms. The lowest BCUT2D eigenvalue weighted by molar-refractivity contribution is 0.521. The Balaban J connectivity index is 1.63. The van der Waals surface area contributed by atoms with Crippen LogP contribution in [0.5, 0.6) is 0 Å². The van der Waals surface area contributed by atoms with Gasteiger partial charge in [-0.25, -0.2) is 17.7 Å². The van der Waals surface area contributed by atoms with Crippen molar-refractivity contribution in [1.29, 1.82) is 0 Å². The normalized spacial score (nSPS) is 15.0. The van der Waals surface area contributed by atoms with E-state index >= 15 is 0 Å². The molecule has 1 aromatic carbocycles. The van der Waals surface area contributed by atoms with Gasteiger partial charge in [-0.3, -0.25) is 0 Å². The third kappa shape index (κ3) is 3.33. The molecule has 1 aliphatic carbocycles. The van der Waals surface area contributed by atoms with Gasteiger partial charge in [0.1, 0.15) is 11.6 Å². The Hall–Kier alpha value is -1.91. The van der Waals surface area contributed by atoms with Crippen LogP contribution in [0, 0.1) is 0 Å². The van der Waals surface area contributed by atoms with Gasteiger partial charge in [0.2, 0.25) is 10.0 Å². The summed E-state index contributed by atoms with van der Waals surface area (Å²) in [7, 11) is 1.59. The Kier molecular flexibility index (Phi) is 4.96. The van der Waals surface area contributed by atoms with Gasteiger partial charge in [0.25, 0.3) is 0 Å². The fourth-order valence-corrected chi connectivity index (χ4v) is 5.06. The first-order chi connectivity index (χ1) is 13.3. The van der Waals surface area contributed by atoms with Crippen molar-refractivity contribution in [3.63, 3.8) is 0 Å². The van der Waals surface area contributed by atoms with Gasteiger partial charge in [0.15, 0.2) is 5.16 Å². The largest absolute Gasteiger partial charge is 0.328 e. The zero-order valence-electron chi connectivity index (χ0n) is 16.5. The Labute approximate surface area is 169 Å². The molecule has 1 aliphatic rings. The summed E-state index contributed by atoms with van der Waals surface area (Å²) >= 11 is 1.61. The summed E-state index contributed by atoms with van der Waals surface area (Å²) in [5.41, 5.74) is 1.63. The van der Waals surface area contributed by atoms with Gasteiger partial charge >= 0.3 is 0 Å². The van der Waals surface area contributed by atoms with Crippen molar-refractivity contribution >= 4 is 32.8 Å². The van der Waals surface area contributed by atoms with Crippen LogP contribution in [0.3, 0.4) is 0 Å². The number of aromatic nitrogens is 5. The number of sulfonamides is 1. The van der Waals surface area contributed by atoms with E-state index in [0.29, 0.717) is 17.2 Å². The summed E-state index contributed by atoms with van der Waals surface area (Å²) in [5, 5.41) is 9.53. The molecule has 0 spiro atoms. The van der Waals surface area contributed by atoms with E-state index in [9.17, 15) is 8.42 Å². The van der Waals surface area contributed by atoms with Gasteiger partial charge in [0.05, 0.1) is 21.7 Å². The van der Waals surface area contributed by atoms with Gasteiger partial charge in [-0.05, 0) is 38.0 Å². The minimum atomic E-state index is -3.48. The number of nitrogens with zero attached hydrogens (tertiary/aromatic N) is 6. The zero-order chi connectivity index (χ0) is 20.1. The maximum Gasteiger partial charge on any atom is 0.242 e. The van der Waals surface area contributed by atoms with E-state index in [1.165, 1.54) is 31.2 Å². The number of thioether (sulfide) groups is 1. The highest BCUT2D eigenvalue weighted by Gasteiger charge is 2.29. The van der Waals surface area contributed by atoms with Crippen LogP contribution in [0.25, 0.3) is 11.0 Å². The first-order valence-corrected chi connectivity index (χ1v) is 11.7. The Morgan fingerprint density at radius 3 is 2.64 bits per heavy atom. The fraction of sp³-hybridized carbons (Fsp3) is 0.500. The fourth-order valence-electron chi connectivity index (χ4n) is 3.27. The van der Waals surface area contributed by atoms with E-state index in [-0.39, 0.29) is 4.90 Å². The molecule has 0 radical (unpaired) electrons. The second kappa shape index (κ2) is 7.16. The van der Waals surface area contributed by atoms with Crippen LogP contribution in [0.4, 0.5) is 0 Å². The summed E-state index contributed by atoms with van der Waals surface area (Å²) in [5.74, 6) is 3.17. The molecule has 10 heteroatoms. The number of aryl methyl sites for hydroxylation is 1. The maximum atomic E-state index is 12.4. The third-order valence-electron chi connectivity index (χ3n) is 5.04. The van der Waals surface area contributed by atoms with Gasteiger partial charge < -0.3 is 9.13 Å². The predicted molar refractivity (Wildman–Crippen MR) is 109 cm³/mol. The lowest BCUT2D eigenvalue weighted by atomic mass is 10.3. The molecule has 0 atom stereocenters. The number of hydrogen-bond donors (Lipinski definition) is 0. The van der Waals surface area contributed by atoms with Crippen molar-refractivity contribution in [2.75, 3.05) is 14.1 Å². The molecule has 0 saturated heterocycles. The van der Waals surface area contributed by atoms with E-state index in [2.05, 4.69) is 26.3 Å². The van der Waals surface area contributed by atoms with Crippen molar-refractivity contribution < 1.29 is 8.42 Å². The Bertz CT molecular complexity index is 1130. The van der Waals surface area contributed by atoms with Crippen LogP contribution in [0.15, 0.2) is 28.3 Å². The van der Waals surface area contributed by atoms with E-state index < -0.39 is 10.0 Å². The van der Waals surface area contributed by atoms with Crippen LogP contribution >= 0.6 is 11.8 Å². The topological polar surface area (TPSA) is 85.9 Å². The van der Waals surface area contributed by atoms with Crippen LogP contribution in [0.1, 0.15) is 37.3 Å². The molecule has 1 fully saturated rings. The minimum Gasteiger partial charge on any atom is -0.328 e. The average molecular weight is 421 g/mol. The number of benzene rings is 1. The molecule has 0 amide bonds. The van der Waals surface area contributed by atoms with Gasteiger partial charge in [-0.1, -0.05) is 11.8 Å². The smallest absolute Gasteiger partial charge is 0.242 e. The van der Waals surface area contributed by atoms with Crippen molar-refractivity contribution in [3.8, 4) is 0 Å². The zero-order valence-corrected chi connectivity index (χ0v) is 18.1. The van der Waals surface area contributed by atoms with Crippen molar-refractivity contribution in [3.05, 3.63) is 29.8 Å². The standard InChI is InChI=1S/C18H24N6O2S2/c1-5-24-15-9-8-13(28(25,26)22(2)3)10-14(15)19-16(24)11-27-18-21-20-17(23(18)4)12-6-7-12/h8-10,12H,5-7,11H2,1-4H3. The molecule has 28 heavy (non-hydrogen) atoms. The lowest BCUT2D eigenvalue weighted by Crippen LogP contribution is -2.22. The number of imidazole rings is 1. The first-order valence-electron chi connectivity index (χ1n) is 9.26. The van der Waals surface area contributed by atoms with Gasteiger partial charge in [0, 0.05) is 33.6 Å². The quantitative estimate of drug-likeness (QED) is 0.546. The molecule has 150 valence electrons. The lowest BCUT2D eigenvalue weighted by Gasteiger charge is -2.11. The molecule has 2 aromatic heterocycles. The molecule has 2 heterocycles. The van der Waals surface area contributed by atoms with Crippen LogP contribution in [-0.2, 0) is 29.4 Å². The van der Waals surface area contributed by atoms with E-state index in [4.69, 9.17) is 4.98 Å². The van der Waals surface area contributed by atoms with Gasteiger partial charge in [-0.2, -0.15) is 0 Å². The molecule has 1 saturated carbocycles. The van der Waals surface area contributed by atoms with Crippen LogP contribution in [0.2, 0.25) is 0 Å². The Morgan fingerprint density at radius 1 is 1.25 bits per heavy atom. The summed E-state index contributed by atoms with van der Waals surface area (Å²) in [6, 6.07) is 5.13. The molecular weight excluding hydrogens is 396 g/mol. The van der Waals surface area contributed by atoms with E-state index in [1.807, 2.05) is 13.1 Å². The number of rotatable bonds is 7. The molecule has 8 nitrogen and oxygen atoms in total.